The molecule has 1 fully saturated rings. The molecule has 0 aromatic rings. The molecule has 0 radical (unpaired) electrons. The molecule has 1 saturated carbocycles. The van der Waals surface area contributed by atoms with Crippen molar-refractivity contribution in [3.8, 4) is 0 Å². The summed E-state index contributed by atoms with van der Waals surface area (Å²) in [6, 6.07) is 0.194. The quantitative estimate of drug-likeness (QED) is 0.476. The smallest absolute Gasteiger partial charge is 0.221 e. The molecule has 0 aromatic heterocycles. The predicted molar refractivity (Wildman–Crippen MR) is 93.0 cm³/mol. The highest BCUT2D eigenvalue weighted by atomic mass is 16.1. The third-order valence-corrected chi connectivity index (χ3v) is 4.20. The van der Waals surface area contributed by atoms with Crippen molar-refractivity contribution in [1.82, 2.24) is 16.0 Å². The number of nitrogens with one attached hydrogen (secondary N) is 3. The van der Waals surface area contributed by atoms with Crippen molar-refractivity contribution >= 4 is 11.9 Å². The van der Waals surface area contributed by atoms with E-state index in [9.17, 15) is 4.79 Å². The average molecular weight is 310 g/mol. The number of guanidine groups is 1. The molecule has 22 heavy (non-hydrogen) atoms. The molecule has 0 bridgehead atoms. The topological polar surface area (TPSA) is 65.5 Å². The highest BCUT2D eigenvalue weighted by Gasteiger charge is 2.37. The molecule has 128 valence electrons. The van der Waals surface area contributed by atoms with Crippen LogP contribution in [0.1, 0.15) is 59.8 Å². The van der Waals surface area contributed by atoms with Crippen LogP contribution >= 0.6 is 0 Å². The second-order valence-corrected chi connectivity index (χ2v) is 7.28. The Labute approximate surface area is 135 Å². The molecule has 0 unspecified atom stereocenters. The minimum Gasteiger partial charge on any atom is -0.356 e. The number of nitrogens with zero attached hydrogens (tertiary/aromatic N) is 1. The lowest BCUT2D eigenvalue weighted by atomic mass is 9.64. The van der Waals surface area contributed by atoms with Gasteiger partial charge in [0.05, 0.1) is 0 Å². The van der Waals surface area contributed by atoms with Gasteiger partial charge in [-0.15, -0.1) is 0 Å². The van der Waals surface area contributed by atoms with Gasteiger partial charge in [-0.2, -0.15) is 0 Å². The molecule has 1 aliphatic rings. The third-order valence-electron chi connectivity index (χ3n) is 4.20. The van der Waals surface area contributed by atoms with Crippen LogP contribution in [0.15, 0.2) is 4.99 Å². The Morgan fingerprint density at radius 1 is 1.18 bits per heavy atom. The average Bonchev–Trinajstić information content (AvgIpc) is 2.37. The molecule has 0 heterocycles. The monoisotopic (exact) mass is 310 g/mol. The molecule has 1 rings (SSSR count). The van der Waals surface area contributed by atoms with Crippen LogP contribution in [0.4, 0.5) is 0 Å². The van der Waals surface area contributed by atoms with E-state index < -0.39 is 0 Å². The fourth-order valence-electron chi connectivity index (χ4n) is 3.18. The summed E-state index contributed by atoms with van der Waals surface area (Å²) < 4.78 is 0. The maximum absolute atomic E-state index is 11.6. The molecule has 1 amide bonds. The first-order valence-corrected chi connectivity index (χ1v) is 8.61. The number of carbonyl (C=O) groups is 1. The van der Waals surface area contributed by atoms with E-state index in [1.165, 1.54) is 25.7 Å². The highest BCUT2D eigenvalue weighted by Crippen LogP contribution is 2.45. The maximum atomic E-state index is 11.6. The van der Waals surface area contributed by atoms with Gasteiger partial charge in [0.15, 0.2) is 5.96 Å². The van der Waals surface area contributed by atoms with Crippen molar-refractivity contribution in [3.63, 3.8) is 0 Å². The van der Waals surface area contributed by atoms with Crippen LogP contribution in [0.25, 0.3) is 0 Å². The van der Waals surface area contributed by atoms with Crippen LogP contribution in [0.2, 0.25) is 0 Å². The van der Waals surface area contributed by atoms with Gasteiger partial charge in [0.1, 0.15) is 0 Å². The summed E-state index contributed by atoms with van der Waals surface area (Å²) >= 11 is 0. The van der Waals surface area contributed by atoms with Crippen LogP contribution in [0.3, 0.4) is 0 Å². The van der Waals surface area contributed by atoms with Crippen LogP contribution in [0, 0.1) is 11.3 Å². The zero-order valence-corrected chi connectivity index (χ0v) is 15.0. The Morgan fingerprint density at radius 2 is 1.86 bits per heavy atom. The highest BCUT2D eigenvalue weighted by molar-refractivity contribution is 5.81. The first kappa shape index (κ1) is 18.8. The summed E-state index contributed by atoms with van der Waals surface area (Å²) in [5, 5.41) is 9.56. The van der Waals surface area contributed by atoms with Crippen molar-refractivity contribution in [2.24, 2.45) is 16.3 Å². The van der Waals surface area contributed by atoms with Crippen LogP contribution in [-0.2, 0) is 4.79 Å². The molecule has 5 heteroatoms. The second-order valence-electron chi connectivity index (χ2n) is 7.28. The molecular weight excluding hydrogens is 276 g/mol. The maximum Gasteiger partial charge on any atom is 0.221 e. The van der Waals surface area contributed by atoms with E-state index in [0.29, 0.717) is 18.4 Å². The fourth-order valence-corrected chi connectivity index (χ4v) is 3.18. The summed E-state index contributed by atoms with van der Waals surface area (Å²) in [4.78, 5) is 15.9. The Morgan fingerprint density at radius 3 is 2.32 bits per heavy atom. The van der Waals surface area contributed by atoms with Gasteiger partial charge in [-0.3, -0.25) is 9.79 Å². The lowest BCUT2D eigenvalue weighted by molar-refractivity contribution is -0.121. The summed E-state index contributed by atoms with van der Waals surface area (Å²) in [6.45, 7) is 10.1. The molecule has 5 nitrogen and oxygen atoms in total. The number of aliphatic imine (C=N–C) groups is 1. The molecule has 3 N–H and O–H groups in total. The van der Waals surface area contributed by atoms with Crippen molar-refractivity contribution in [1.29, 1.82) is 0 Å². The van der Waals surface area contributed by atoms with Crippen molar-refractivity contribution in [2.75, 3.05) is 20.1 Å². The number of rotatable bonds is 8. The van der Waals surface area contributed by atoms with Crippen molar-refractivity contribution in [2.45, 2.75) is 65.8 Å². The van der Waals surface area contributed by atoms with Gasteiger partial charge in [0.2, 0.25) is 5.91 Å². The van der Waals surface area contributed by atoms with Gasteiger partial charge in [-0.25, -0.2) is 0 Å². The van der Waals surface area contributed by atoms with Crippen molar-refractivity contribution in [3.05, 3.63) is 0 Å². The van der Waals surface area contributed by atoms with Crippen molar-refractivity contribution < 1.29 is 4.79 Å². The Kier molecular flexibility index (Phi) is 7.69. The Bertz CT molecular complexity index is 373. The zero-order chi connectivity index (χ0) is 16.6. The lowest BCUT2D eigenvalue weighted by Gasteiger charge is -2.43. The van der Waals surface area contributed by atoms with Crippen LogP contribution < -0.4 is 16.0 Å². The summed E-state index contributed by atoms with van der Waals surface area (Å²) in [7, 11) is 1.78. The first-order chi connectivity index (χ1) is 10.4. The zero-order valence-electron chi connectivity index (χ0n) is 15.0. The molecule has 0 atom stereocenters. The van der Waals surface area contributed by atoms with Gasteiger partial charge in [-0.1, -0.05) is 20.3 Å². The normalized spacial score (nSPS) is 17.3. The second kappa shape index (κ2) is 9.01. The first-order valence-electron chi connectivity index (χ1n) is 8.61. The number of hydrogen-bond acceptors (Lipinski definition) is 2. The van der Waals surface area contributed by atoms with Crippen LogP contribution in [-0.4, -0.2) is 38.0 Å². The number of hydrogen-bond donors (Lipinski definition) is 3. The molecule has 0 spiro atoms. The van der Waals surface area contributed by atoms with E-state index in [1.54, 1.807) is 7.05 Å². The Hall–Kier alpha value is -1.26. The standard InChI is InChI=1S/C17H34N4O/c1-13(2)11-17(8-6-9-17)12-20-16(18-5)19-10-7-15(22)21-14(3)4/h13-14H,6-12H2,1-5H3,(H,21,22)(H2,18,19,20). The molecular formula is C17H34N4O. The fraction of sp³-hybridized carbons (Fsp3) is 0.882. The number of amides is 1. The minimum absolute atomic E-state index is 0.0771. The predicted octanol–water partition coefficient (Wildman–Crippen LogP) is 2.28. The van der Waals surface area contributed by atoms with Gasteiger partial charge < -0.3 is 16.0 Å². The largest absolute Gasteiger partial charge is 0.356 e. The van der Waals surface area contributed by atoms with E-state index in [1.807, 2.05) is 13.8 Å². The van der Waals surface area contributed by atoms with E-state index >= 15 is 0 Å². The van der Waals surface area contributed by atoms with Crippen LogP contribution in [0.5, 0.6) is 0 Å². The summed E-state index contributed by atoms with van der Waals surface area (Å²) in [5.41, 5.74) is 0.445. The summed E-state index contributed by atoms with van der Waals surface area (Å²) in [6.07, 6.45) is 5.71. The minimum atomic E-state index is 0.0771. The Balaban J connectivity index is 2.29. The molecule has 0 aliphatic heterocycles. The van der Waals surface area contributed by atoms with E-state index in [2.05, 4.69) is 34.8 Å². The molecule has 0 aromatic carbocycles. The summed E-state index contributed by atoms with van der Waals surface area (Å²) in [5.74, 6) is 1.61. The molecule has 0 saturated heterocycles. The van der Waals surface area contributed by atoms with Gasteiger partial charge in [-0.05, 0) is 44.4 Å². The van der Waals surface area contributed by atoms with E-state index in [-0.39, 0.29) is 11.9 Å². The van der Waals surface area contributed by atoms with Gasteiger partial charge >= 0.3 is 0 Å². The molecule has 1 aliphatic carbocycles. The number of carbonyl (C=O) groups excluding carboxylic acids is 1. The third kappa shape index (κ3) is 6.67. The van der Waals surface area contributed by atoms with Gasteiger partial charge in [0.25, 0.3) is 0 Å². The lowest BCUT2D eigenvalue weighted by Crippen LogP contribution is -2.47. The van der Waals surface area contributed by atoms with E-state index in [4.69, 9.17) is 0 Å². The van der Waals surface area contributed by atoms with E-state index in [0.717, 1.165) is 18.4 Å². The van der Waals surface area contributed by atoms with Gasteiger partial charge in [0, 0.05) is 32.6 Å². The SMILES string of the molecule is CN=C(NCCC(=O)NC(C)C)NCC1(CC(C)C)CCC1.